The van der Waals surface area contributed by atoms with E-state index in [2.05, 4.69) is 96.3 Å². The third-order valence-electron chi connectivity index (χ3n) is 6.93. The lowest BCUT2D eigenvalue weighted by Gasteiger charge is -2.11. The van der Waals surface area contributed by atoms with E-state index in [9.17, 15) is 0 Å². The molecular weight excluding hydrogens is 463 g/mol. The molecule has 0 aliphatic carbocycles. The summed E-state index contributed by atoms with van der Waals surface area (Å²) in [5.74, 6) is 0.718. The molecule has 0 amide bonds. The zero-order valence-corrected chi connectivity index (χ0v) is 20.9. The molecule has 0 bridgehead atoms. The molecule has 38 heavy (non-hydrogen) atoms. The predicted octanol–water partition coefficient (Wildman–Crippen LogP) is 6.23. The lowest BCUT2D eigenvalue weighted by molar-refractivity contribution is 1.17. The monoisotopic (exact) mass is 486 g/mol. The Hall–Kier alpha value is -5.03. The van der Waals surface area contributed by atoms with Crippen molar-refractivity contribution in [3.8, 4) is 39.6 Å². The Labute approximate surface area is 221 Å². The Morgan fingerprint density at radius 2 is 1.21 bits per heavy atom. The average molecular weight is 486 g/mol. The van der Waals surface area contributed by atoms with E-state index in [-0.39, 0.29) is 0 Å². The van der Waals surface area contributed by atoms with Crippen molar-refractivity contribution in [1.82, 2.24) is 19.5 Å². The molecule has 7 rings (SSSR count). The lowest BCUT2D eigenvalue weighted by Crippen LogP contribution is -2.02. The van der Waals surface area contributed by atoms with E-state index in [0.717, 1.165) is 61.5 Å². The van der Waals surface area contributed by atoms with Crippen molar-refractivity contribution in [2.45, 2.75) is 0 Å². The summed E-state index contributed by atoms with van der Waals surface area (Å²) in [5.41, 5.74) is 10.5. The summed E-state index contributed by atoms with van der Waals surface area (Å²) >= 11 is 0. The van der Waals surface area contributed by atoms with Gasteiger partial charge in [0.1, 0.15) is 7.85 Å². The number of hydrogen-bond acceptors (Lipinski definition) is 3. The van der Waals surface area contributed by atoms with Gasteiger partial charge in [0.25, 0.3) is 0 Å². The first-order chi connectivity index (χ1) is 18.7. The zero-order chi connectivity index (χ0) is 25.5. The fourth-order valence-corrected chi connectivity index (χ4v) is 5.07. The highest BCUT2D eigenvalue weighted by Gasteiger charge is 2.14. The summed E-state index contributed by atoms with van der Waals surface area (Å²) in [6, 6.07) is 41.8. The van der Waals surface area contributed by atoms with Crippen LogP contribution in [0.4, 0.5) is 0 Å². The van der Waals surface area contributed by atoms with E-state index in [4.69, 9.17) is 9.97 Å². The highest BCUT2D eigenvalue weighted by molar-refractivity contribution is 6.33. The van der Waals surface area contributed by atoms with Crippen LogP contribution in [0, 0.1) is 0 Å². The van der Waals surface area contributed by atoms with E-state index in [1.54, 1.807) is 0 Å². The van der Waals surface area contributed by atoms with E-state index in [0.29, 0.717) is 0 Å². The first-order valence-electron chi connectivity index (χ1n) is 12.7. The fourth-order valence-electron chi connectivity index (χ4n) is 5.07. The van der Waals surface area contributed by atoms with Gasteiger partial charge in [0.05, 0.1) is 27.9 Å². The Morgan fingerprint density at radius 1 is 0.553 bits per heavy atom. The Morgan fingerprint density at radius 3 is 1.92 bits per heavy atom. The van der Waals surface area contributed by atoms with Gasteiger partial charge < -0.3 is 4.57 Å². The van der Waals surface area contributed by atoms with Crippen molar-refractivity contribution in [3.05, 3.63) is 128 Å². The van der Waals surface area contributed by atoms with Crippen molar-refractivity contribution >= 4 is 35.2 Å². The van der Waals surface area contributed by atoms with Gasteiger partial charge in [0, 0.05) is 34.0 Å². The molecule has 3 aromatic heterocycles. The van der Waals surface area contributed by atoms with Gasteiger partial charge in [-0.05, 0) is 36.4 Å². The van der Waals surface area contributed by atoms with Crippen LogP contribution in [0.2, 0.25) is 0 Å². The molecule has 5 heteroatoms. The Kier molecular flexibility index (Phi) is 5.33. The van der Waals surface area contributed by atoms with Crippen LogP contribution in [-0.4, -0.2) is 27.4 Å². The molecule has 0 aliphatic rings. The first kappa shape index (κ1) is 22.2. The topological polar surface area (TPSA) is 43.6 Å². The smallest absolute Gasteiger partial charge is 0.160 e. The van der Waals surface area contributed by atoms with E-state index in [1.165, 1.54) is 5.46 Å². The number of aromatic nitrogens is 4. The van der Waals surface area contributed by atoms with Crippen molar-refractivity contribution in [1.29, 1.82) is 0 Å². The van der Waals surface area contributed by atoms with Crippen LogP contribution >= 0.6 is 0 Å². The van der Waals surface area contributed by atoms with Crippen LogP contribution in [0.5, 0.6) is 0 Å². The molecule has 4 aromatic carbocycles. The largest absolute Gasteiger partial charge is 0.308 e. The molecule has 0 spiro atoms. The summed E-state index contributed by atoms with van der Waals surface area (Å²) < 4.78 is 2.29. The van der Waals surface area contributed by atoms with Crippen molar-refractivity contribution in [2.24, 2.45) is 0 Å². The summed E-state index contributed by atoms with van der Waals surface area (Å²) in [6.45, 7) is 0. The first-order valence-corrected chi connectivity index (χ1v) is 12.7. The molecule has 0 N–H and O–H groups in total. The van der Waals surface area contributed by atoms with Gasteiger partial charge in [0.15, 0.2) is 5.82 Å². The van der Waals surface area contributed by atoms with Crippen LogP contribution in [-0.2, 0) is 0 Å². The van der Waals surface area contributed by atoms with Gasteiger partial charge in [-0.15, -0.1) is 0 Å². The number of hydrogen-bond donors (Lipinski definition) is 0. The quantitative estimate of drug-likeness (QED) is 0.277. The molecule has 0 radical (unpaired) electrons. The maximum atomic E-state index is 4.98. The van der Waals surface area contributed by atoms with Crippen LogP contribution < -0.4 is 5.46 Å². The molecule has 0 saturated carbocycles. The molecule has 0 unspecified atom stereocenters. The van der Waals surface area contributed by atoms with Crippen molar-refractivity contribution in [2.75, 3.05) is 0 Å². The number of rotatable bonds is 4. The summed E-state index contributed by atoms with van der Waals surface area (Å²) in [5, 5.41) is 1.16. The Balaban J connectivity index is 1.37. The van der Waals surface area contributed by atoms with Gasteiger partial charge in [-0.2, -0.15) is 0 Å². The third kappa shape index (κ3) is 3.85. The highest BCUT2D eigenvalue weighted by Crippen LogP contribution is 2.32. The minimum atomic E-state index is 0.718. The molecule has 0 saturated heterocycles. The molecular formula is C33H23BN4. The van der Waals surface area contributed by atoms with Crippen LogP contribution in [0.25, 0.3) is 61.5 Å². The van der Waals surface area contributed by atoms with Crippen molar-refractivity contribution < 1.29 is 0 Å². The second kappa shape index (κ2) is 9.13. The zero-order valence-electron chi connectivity index (χ0n) is 20.9. The molecule has 4 nitrogen and oxygen atoms in total. The van der Waals surface area contributed by atoms with Gasteiger partial charge in [-0.25, -0.2) is 9.97 Å². The SMILES string of the molecule is Bc1ccc2c3ncccc3n(-c3ccc(-c4cc(-c5ccccc5)nc(-c5ccccc5)n4)cc3)c2c1. The van der Waals surface area contributed by atoms with Crippen molar-refractivity contribution in [3.63, 3.8) is 0 Å². The van der Waals surface area contributed by atoms with E-state index >= 15 is 0 Å². The van der Waals surface area contributed by atoms with Crippen LogP contribution in [0.1, 0.15) is 0 Å². The van der Waals surface area contributed by atoms with Gasteiger partial charge in [0.2, 0.25) is 0 Å². The second-order valence-corrected chi connectivity index (χ2v) is 9.47. The number of benzene rings is 4. The van der Waals surface area contributed by atoms with Gasteiger partial charge in [-0.3, -0.25) is 4.98 Å². The van der Waals surface area contributed by atoms with Crippen LogP contribution in [0.15, 0.2) is 128 Å². The number of fused-ring (bicyclic) bond motifs is 3. The predicted molar refractivity (Wildman–Crippen MR) is 159 cm³/mol. The summed E-state index contributed by atoms with van der Waals surface area (Å²) in [7, 11) is 2.13. The number of nitrogens with zero attached hydrogens (tertiary/aromatic N) is 4. The maximum absolute atomic E-state index is 4.98. The minimum absolute atomic E-state index is 0.718. The maximum Gasteiger partial charge on any atom is 0.160 e. The molecule has 3 heterocycles. The second-order valence-electron chi connectivity index (χ2n) is 9.47. The molecule has 7 aromatic rings. The molecule has 0 fully saturated rings. The Bertz CT molecular complexity index is 1850. The minimum Gasteiger partial charge on any atom is -0.308 e. The fraction of sp³-hybridized carbons (Fsp3) is 0. The lowest BCUT2D eigenvalue weighted by atomic mass is 9.95. The molecule has 178 valence electrons. The third-order valence-corrected chi connectivity index (χ3v) is 6.93. The summed E-state index contributed by atoms with van der Waals surface area (Å²) in [4.78, 5) is 14.6. The number of pyridine rings is 1. The van der Waals surface area contributed by atoms with Crippen LogP contribution in [0.3, 0.4) is 0 Å². The molecule has 0 atom stereocenters. The van der Waals surface area contributed by atoms with E-state index < -0.39 is 0 Å². The summed E-state index contributed by atoms with van der Waals surface area (Å²) in [6.07, 6.45) is 1.86. The average Bonchev–Trinajstić information content (AvgIpc) is 3.31. The van der Waals surface area contributed by atoms with Gasteiger partial charge in [-0.1, -0.05) is 90.4 Å². The van der Waals surface area contributed by atoms with Gasteiger partial charge >= 0.3 is 0 Å². The standard InChI is InChI=1S/C33H23BN4/c34-25-15-18-27-31(20-25)38(30-12-7-19-35-32(27)30)26-16-13-23(14-17-26)29-21-28(22-8-3-1-4-9-22)36-33(37-29)24-10-5-2-6-11-24/h1-21H,34H2. The highest BCUT2D eigenvalue weighted by atomic mass is 15.0. The normalized spacial score (nSPS) is 11.3. The van der Waals surface area contributed by atoms with E-state index in [1.807, 2.05) is 48.7 Å². The molecule has 0 aliphatic heterocycles.